The fourth-order valence-corrected chi connectivity index (χ4v) is 1.44. The topological polar surface area (TPSA) is 17.1 Å². The number of Topliss-reactive ketones (excluding diaryl/α,β-unsaturated/α-hetero) is 1. The molecule has 0 aromatic heterocycles. The van der Waals surface area contributed by atoms with Gasteiger partial charge >= 0.3 is 0 Å². The van der Waals surface area contributed by atoms with Crippen molar-refractivity contribution in [3.63, 3.8) is 0 Å². The average molecular weight is 162 g/mol. The van der Waals surface area contributed by atoms with Gasteiger partial charge in [0, 0.05) is 12.8 Å². The van der Waals surface area contributed by atoms with E-state index in [1.807, 2.05) is 0 Å². The SMILES string of the molecule is C#CCCCC(=O)C1=CCCC1. The van der Waals surface area contributed by atoms with Crippen LogP contribution in [0.4, 0.5) is 0 Å². The Morgan fingerprint density at radius 3 is 3.08 bits per heavy atom. The summed E-state index contributed by atoms with van der Waals surface area (Å²) in [6.45, 7) is 0. The van der Waals surface area contributed by atoms with E-state index in [0.717, 1.165) is 37.7 Å². The monoisotopic (exact) mass is 162 g/mol. The molecule has 0 aromatic rings. The smallest absolute Gasteiger partial charge is 0.158 e. The van der Waals surface area contributed by atoms with E-state index in [9.17, 15) is 4.79 Å². The fourth-order valence-electron chi connectivity index (χ4n) is 1.44. The van der Waals surface area contributed by atoms with Crippen molar-refractivity contribution >= 4 is 5.78 Å². The van der Waals surface area contributed by atoms with Gasteiger partial charge in [-0.25, -0.2) is 0 Å². The van der Waals surface area contributed by atoms with Crippen molar-refractivity contribution in [1.29, 1.82) is 0 Å². The van der Waals surface area contributed by atoms with Gasteiger partial charge in [0.15, 0.2) is 5.78 Å². The molecule has 1 heteroatoms. The standard InChI is InChI=1S/C11H14O/c1-2-3-4-9-11(12)10-7-5-6-8-10/h1,7H,3-6,8-9H2. The molecule has 1 aliphatic carbocycles. The van der Waals surface area contributed by atoms with E-state index in [4.69, 9.17) is 6.42 Å². The Bertz CT molecular complexity index is 230. The molecule has 0 unspecified atom stereocenters. The Morgan fingerprint density at radius 2 is 2.50 bits per heavy atom. The van der Waals surface area contributed by atoms with Crippen LogP contribution in [0.15, 0.2) is 11.6 Å². The van der Waals surface area contributed by atoms with E-state index >= 15 is 0 Å². The maximum absolute atomic E-state index is 11.4. The summed E-state index contributed by atoms with van der Waals surface area (Å²) < 4.78 is 0. The molecule has 0 N–H and O–H groups in total. The Morgan fingerprint density at radius 1 is 1.67 bits per heavy atom. The number of hydrogen-bond acceptors (Lipinski definition) is 1. The number of unbranched alkanes of at least 4 members (excludes halogenated alkanes) is 1. The van der Waals surface area contributed by atoms with E-state index in [-0.39, 0.29) is 0 Å². The third-order valence-electron chi connectivity index (χ3n) is 2.12. The first-order valence-electron chi connectivity index (χ1n) is 4.50. The molecule has 1 rings (SSSR count). The summed E-state index contributed by atoms with van der Waals surface area (Å²) in [7, 11) is 0. The lowest BCUT2D eigenvalue weighted by Gasteiger charge is -1.98. The van der Waals surface area contributed by atoms with Crippen molar-refractivity contribution in [2.45, 2.75) is 38.5 Å². The first-order chi connectivity index (χ1) is 5.84. The third kappa shape index (κ3) is 2.54. The summed E-state index contributed by atoms with van der Waals surface area (Å²) in [5.41, 5.74) is 1.03. The highest BCUT2D eigenvalue weighted by molar-refractivity contribution is 5.95. The lowest BCUT2D eigenvalue weighted by atomic mass is 10.1. The van der Waals surface area contributed by atoms with Crippen LogP contribution >= 0.6 is 0 Å². The molecular weight excluding hydrogens is 148 g/mol. The molecule has 0 aromatic carbocycles. The molecule has 0 heterocycles. The molecule has 1 nitrogen and oxygen atoms in total. The molecule has 0 spiro atoms. The van der Waals surface area contributed by atoms with Gasteiger partial charge in [0.2, 0.25) is 0 Å². The largest absolute Gasteiger partial charge is 0.295 e. The maximum Gasteiger partial charge on any atom is 0.158 e. The molecule has 64 valence electrons. The number of hydrogen-bond donors (Lipinski definition) is 0. The lowest BCUT2D eigenvalue weighted by molar-refractivity contribution is -0.115. The number of carbonyl (C=O) groups is 1. The van der Waals surface area contributed by atoms with Crippen molar-refractivity contribution in [2.75, 3.05) is 0 Å². The Labute approximate surface area is 73.9 Å². The van der Waals surface area contributed by atoms with E-state index in [2.05, 4.69) is 12.0 Å². The minimum atomic E-state index is 0.308. The maximum atomic E-state index is 11.4. The van der Waals surface area contributed by atoms with Crippen molar-refractivity contribution in [3.05, 3.63) is 11.6 Å². The van der Waals surface area contributed by atoms with Crippen molar-refractivity contribution < 1.29 is 4.79 Å². The van der Waals surface area contributed by atoms with Gasteiger partial charge in [-0.2, -0.15) is 0 Å². The van der Waals surface area contributed by atoms with Gasteiger partial charge in [-0.15, -0.1) is 12.3 Å². The van der Waals surface area contributed by atoms with E-state index in [1.54, 1.807) is 0 Å². The zero-order valence-corrected chi connectivity index (χ0v) is 7.31. The minimum absolute atomic E-state index is 0.308. The summed E-state index contributed by atoms with van der Waals surface area (Å²) in [4.78, 5) is 11.4. The van der Waals surface area contributed by atoms with Crippen molar-refractivity contribution in [3.8, 4) is 12.3 Å². The van der Waals surface area contributed by atoms with E-state index < -0.39 is 0 Å². The highest BCUT2D eigenvalue weighted by atomic mass is 16.1. The first-order valence-corrected chi connectivity index (χ1v) is 4.50. The van der Waals surface area contributed by atoms with Gasteiger partial charge in [0.05, 0.1) is 0 Å². The summed E-state index contributed by atoms with van der Waals surface area (Å²) >= 11 is 0. The fraction of sp³-hybridized carbons (Fsp3) is 0.545. The molecule has 12 heavy (non-hydrogen) atoms. The Hall–Kier alpha value is -1.03. The molecule has 0 atom stereocenters. The van der Waals surface area contributed by atoms with Crippen LogP contribution in [0.1, 0.15) is 38.5 Å². The first kappa shape index (κ1) is 9.06. The second kappa shape index (κ2) is 4.77. The van der Waals surface area contributed by atoms with E-state index in [0.29, 0.717) is 12.2 Å². The third-order valence-corrected chi connectivity index (χ3v) is 2.12. The average Bonchev–Trinajstić information content (AvgIpc) is 2.56. The van der Waals surface area contributed by atoms with Crippen LogP contribution in [0.3, 0.4) is 0 Å². The van der Waals surface area contributed by atoms with Crippen molar-refractivity contribution in [2.24, 2.45) is 0 Å². The second-order valence-electron chi connectivity index (χ2n) is 3.10. The van der Waals surface area contributed by atoms with Crippen LogP contribution in [-0.4, -0.2) is 5.78 Å². The molecule has 0 saturated carbocycles. The van der Waals surface area contributed by atoms with E-state index in [1.165, 1.54) is 0 Å². The summed E-state index contributed by atoms with van der Waals surface area (Å²) in [6, 6.07) is 0. The van der Waals surface area contributed by atoms with Gasteiger partial charge in [-0.3, -0.25) is 4.79 Å². The molecule has 0 aliphatic heterocycles. The highest BCUT2D eigenvalue weighted by Crippen LogP contribution is 2.20. The zero-order chi connectivity index (χ0) is 8.81. The predicted molar refractivity (Wildman–Crippen MR) is 49.6 cm³/mol. The summed E-state index contributed by atoms with van der Waals surface area (Å²) in [5.74, 6) is 2.85. The molecule has 0 radical (unpaired) electrons. The molecule has 0 saturated heterocycles. The summed E-state index contributed by atoms with van der Waals surface area (Å²) in [6.07, 6.45) is 12.6. The molecule has 0 bridgehead atoms. The van der Waals surface area contributed by atoms with Gasteiger partial charge < -0.3 is 0 Å². The minimum Gasteiger partial charge on any atom is -0.295 e. The zero-order valence-electron chi connectivity index (χ0n) is 7.31. The number of terminal acetylenes is 1. The predicted octanol–water partition coefficient (Wildman–Crippen LogP) is 2.47. The highest BCUT2D eigenvalue weighted by Gasteiger charge is 2.11. The second-order valence-corrected chi connectivity index (χ2v) is 3.10. The van der Waals surface area contributed by atoms with Gasteiger partial charge in [0.1, 0.15) is 0 Å². The Balaban J connectivity index is 2.24. The molecular formula is C11H14O. The van der Waals surface area contributed by atoms with Crippen LogP contribution in [-0.2, 0) is 4.79 Å². The molecule has 0 fully saturated rings. The van der Waals surface area contributed by atoms with Crippen molar-refractivity contribution in [1.82, 2.24) is 0 Å². The quantitative estimate of drug-likeness (QED) is 0.458. The van der Waals surface area contributed by atoms with Crippen LogP contribution in [0, 0.1) is 12.3 Å². The molecule has 1 aliphatic rings. The summed E-state index contributed by atoms with van der Waals surface area (Å²) in [5, 5.41) is 0. The number of rotatable bonds is 4. The van der Waals surface area contributed by atoms with Crippen LogP contribution in [0.2, 0.25) is 0 Å². The van der Waals surface area contributed by atoms with Gasteiger partial charge in [-0.1, -0.05) is 6.08 Å². The lowest BCUT2D eigenvalue weighted by Crippen LogP contribution is -1.99. The van der Waals surface area contributed by atoms with Gasteiger partial charge in [-0.05, 0) is 31.3 Å². The van der Waals surface area contributed by atoms with Crippen LogP contribution < -0.4 is 0 Å². The number of ketones is 1. The normalized spacial score (nSPS) is 15.4. The van der Waals surface area contributed by atoms with Gasteiger partial charge in [0.25, 0.3) is 0 Å². The molecule has 0 amide bonds. The van der Waals surface area contributed by atoms with Crippen LogP contribution in [0.5, 0.6) is 0 Å². The number of allylic oxidation sites excluding steroid dienone is 2. The Kier molecular flexibility index (Phi) is 3.60. The van der Waals surface area contributed by atoms with Crippen LogP contribution in [0.25, 0.3) is 0 Å². The number of carbonyl (C=O) groups excluding carboxylic acids is 1.